The molecule has 3 atom stereocenters. The van der Waals surface area contributed by atoms with E-state index in [4.69, 9.17) is 10.5 Å². The molecule has 25 heavy (non-hydrogen) atoms. The molecule has 2 saturated heterocycles. The minimum absolute atomic E-state index is 0.0274. The SMILES string of the molecule is NC(=O)C1CC=C(C(=O)C2CNCC(C(=O)OC3CCNCC3)C2)N1. The minimum Gasteiger partial charge on any atom is -0.462 e. The van der Waals surface area contributed by atoms with Crippen LogP contribution in [0, 0.1) is 11.8 Å². The largest absolute Gasteiger partial charge is 0.462 e. The molecule has 0 spiro atoms. The van der Waals surface area contributed by atoms with E-state index in [0.29, 0.717) is 31.6 Å². The molecule has 1 amide bonds. The summed E-state index contributed by atoms with van der Waals surface area (Å²) in [5, 5.41) is 9.28. The topological polar surface area (TPSA) is 123 Å². The Bertz CT molecular complexity index is 571. The Labute approximate surface area is 146 Å². The van der Waals surface area contributed by atoms with Crippen molar-refractivity contribution in [3.63, 3.8) is 0 Å². The molecular formula is C17H26N4O4. The maximum Gasteiger partial charge on any atom is 0.310 e. The van der Waals surface area contributed by atoms with Crippen LogP contribution in [-0.2, 0) is 19.1 Å². The molecule has 0 saturated carbocycles. The molecule has 8 heteroatoms. The number of ether oxygens (including phenoxy) is 1. The van der Waals surface area contributed by atoms with Crippen LogP contribution in [0.1, 0.15) is 25.7 Å². The number of allylic oxidation sites excluding steroid dienone is 1. The van der Waals surface area contributed by atoms with E-state index in [1.54, 1.807) is 6.08 Å². The highest BCUT2D eigenvalue weighted by Crippen LogP contribution is 2.24. The lowest BCUT2D eigenvalue weighted by molar-refractivity contribution is -0.156. The van der Waals surface area contributed by atoms with Crippen molar-refractivity contribution in [1.29, 1.82) is 0 Å². The van der Waals surface area contributed by atoms with Gasteiger partial charge in [0.25, 0.3) is 0 Å². The Morgan fingerprint density at radius 2 is 1.80 bits per heavy atom. The zero-order chi connectivity index (χ0) is 17.8. The van der Waals surface area contributed by atoms with Gasteiger partial charge in [0.05, 0.1) is 11.6 Å². The molecule has 5 N–H and O–H groups in total. The van der Waals surface area contributed by atoms with Gasteiger partial charge in [0, 0.05) is 19.0 Å². The number of esters is 1. The van der Waals surface area contributed by atoms with Gasteiger partial charge < -0.3 is 26.4 Å². The lowest BCUT2D eigenvalue weighted by atomic mass is 9.86. The summed E-state index contributed by atoms with van der Waals surface area (Å²) in [6, 6.07) is -0.517. The average Bonchev–Trinajstić information content (AvgIpc) is 3.12. The Morgan fingerprint density at radius 1 is 1.08 bits per heavy atom. The van der Waals surface area contributed by atoms with Crippen LogP contribution >= 0.6 is 0 Å². The van der Waals surface area contributed by atoms with Crippen LogP contribution in [0.3, 0.4) is 0 Å². The van der Waals surface area contributed by atoms with Crippen molar-refractivity contribution in [1.82, 2.24) is 16.0 Å². The lowest BCUT2D eigenvalue weighted by Gasteiger charge is -2.30. The Hall–Kier alpha value is -1.93. The highest BCUT2D eigenvalue weighted by molar-refractivity contribution is 5.99. The maximum absolute atomic E-state index is 12.6. The van der Waals surface area contributed by atoms with Crippen molar-refractivity contribution in [3.8, 4) is 0 Å². The average molecular weight is 350 g/mol. The van der Waals surface area contributed by atoms with Gasteiger partial charge in [-0.25, -0.2) is 0 Å². The quantitative estimate of drug-likeness (QED) is 0.460. The number of carbonyl (C=O) groups is 3. The van der Waals surface area contributed by atoms with Gasteiger partial charge in [-0.1, -0.05) is 6.08 Å². The van der Waals surface area contributed by atoms with E-state index >= 15 is 0 Å². The fourth-order valence-electron chi connectivity index (χ4n) is 3.62. The third kappa shape index (κ3) is 4.38. The van der Waals surface area contributed by atoms with Gasteiger partial charge in [0.1, 0.15) is 12.1 Å². The number of Topliss-reactive ketones (excluding diaryl/α,β-unsaturated/α-hetero) is 1. The molecule has 0 bridgehead atoms. The summed E-state index contributed by atoms with van der Waals surface area (Å²) in [5.74, 6) is -1.38. The van der Waals surface area contributed by atoms with Crippen molar-refractivity contribution in [3.05, 3.63) is 11.8 Å². The van der Waals surface area contributed by atoms with E-state index < -0.39 is 11.9 Å². The molecule has 3 rings (SSSR count). The monoisotopic (exact) mass is 350 g/mol. The van der Waals surface area contributed by atoms with Gasteiger partial charge in [0.15, 0.2) is 5.78 Å². The molecular weight excluding hydrogens is 324 g/mol. The maximum atomic E-state index is 12.6. The highest BCUT2D eigenvalue weighted by atomic mass is 16.5. The van der Waals surface area contributed by atoms with Gasteiger partial charge in [-0.3, -0.25) is 14.4 Å². The van der Waals surface area contributed by atoms with Gasteiger partial charge in [-0.2, -0.15) is 0 Å². The molecule has 0 aromatic carbocycles. The molecule has 3 heterocycles. The molecule has 0 aliphatic carbocycles. The number of nitrogens with one attached hydrogen (secondary N) is 3. The number of piperidine rings is 2. The third-order valence-corrected chi connectivity index (χ3v) is 5.12. The van der Waals surface area contributed by atoms with Crippen LogP contribution in [0.15, 0.2) is 11.8 Å². The van der Waals surface area contributed by atoms with Crippen LogP contribution in [-0.4, -0.2) is 56.0 Å². The normalized spacial score (nSPS) is 30.2. The molecule has 3 aliphatic heterocycles. The summed E-state index contributed by atoms with van der Waals surface area (Å²) in [4.78, 5) is 36.3. The van der Waals surface area contributed by atoms with Crippen LogP contribution in [0.5, 0.6) is 0 Å². The predicted molar refractivity (Wildman–Crippen MR) is 90.3 cm³/mol. The zero-order valence-electron chi connectivity index (χ0n) is 14.3. The first-order chi connectivity index (χ1) is 12.0. The van der Waals surface area contributed by atoms with Gasteiger partial charge in [-0.05, 0) is 38.8 Å². The number of rotatable bonds is 5. The summed E-state index contributed by atoms with van der Waals surface area (Å²) in [7, 11) is 0. The summed E-state index contributed by atoms with van der Waals surface area (Å²) in [6.45, 7) is 2.78. The van der Waals surface area contributed by atoms with Gasteiger partial charge >= 0.3 is 5.97 Å². The molecule has 3 unspecified atom stereocenters. The lowest BCUT2D eigenvalue weighted by Crippen LogP contribution is -2.46. The predicted octanol–water partition coefficient (Wildman–Crippen LogP) is -1.19. The van der Waals surface area contributed by atoms with E-state index in [1.807, 2.05) is 0 Å². The van der Waals surface area contributed by atoms with Crippen LogP contribution in [0.2, 0.25) is 0 Å². The standard InChI is InChI=1S/C17H26N4O4/c18-16(23)14-2-1-13(21-14)15(22)10-7-11(9-20-8-10)17(24)25-12-3-5-19-6-4-12/h1,10-12,14,19-21H,2-9H2,(H2,18,23). The van der Waals surface area contributed by atoms with E-state index in [2.05, 4.69) is 16.0 Å². The second-order valence-electron chi connectivity index (χ2n) is 6.99. The number of hydrogen-bond donors (Lipinski definition) is 4. The number of carbonyl (C=O) groups excluding carboxylic acids is 3. The second kappa shape index (κ2) is 7.97. The molecule has 3 aliphatic rings. The van der Waals surface area contributed by atoms with Crippen molar-refractivity contribution in [2.75, 3.05) is 26.2 Å². The number of primary amides is 1. The second-order valence-corrected chi connectivity index (χ2v) is 6.99. The van der Waals surface area contributed by atoms with Crippen LogP contribution < -0.4 is 21.7 Å². The fourth-order valence-corrected chi connectivity index (χ4v) is 3.62. The Morgan fingerprint density at radius 3 is 2.48 bits per heavy atom. The molecule has 0 radical (unpaired) electrons. The van der Waals surface area contributed by atoms with E-state index in [1.165, 1.54) is 0 Å². The smallest absolute Gasteiger partial charge is 0.310 e. The Balaban J connectivity index is 1.53. The van der Waals surface area contributed by atoms with Crippen molar-refractivity contribution < 1.29 is 19.1 Å². The number of nitrogens with two attached hydrogens (primary N) is 1. The van der Waals surface area contributed by atoms with Crippen molar-refractivity contribution >= 4 is 17.7 Å². The van der Waals surface area contributed by atoms with E-state index in [0.717, 1.165) is 25.9 Å². The molecule has 8 nitrogen and oxygen atoms in total. The van der Waals surface area contributed by atoms with Crippen LogP contribution in [0.4, 0.5) is 0 Å². The number of amides is 1. The van der Waals surface area contributed by atoms with Gasteiger partial charge in [-0.15, -0.1) is 0 Å². The van der Waals surface area contributed by atoms with Crippen LogP contribution in [0.25, 0.3) is 0 Å². The third-order valence-electron chi connectivity index (χ3n) is 5.12. The highest BCUT2D eigenvalue weighted by Gasteiger charge is 2.36. The molecule has 0 aromatic heterocycles. The molecule has 138 valence electrons. The summed E-state index contributed by atoms with van der Waals surface area (Å²) in [5.41, 5.74) is 5.70. The molecule has 2 fully saturated rings. The van der Waals surface area contributed by atoms with E-state index in [9.17, 15) is 14.4 Å². The first-order valence-electron chi connectivity index (χ1n) is 8.96. The van der Waals surface area contributed by atoms with Gasteiger partial charge in [0.2, 0.25) is 5.91 Å². The number of hydrogen-bond acceptors (Lipinski definition) is 7. The summed E-state index contributed by atoms with van der Waals surface area (Å²) >= 11 is 0. The van der Waals surface area contributed by atoms with Crippen molar-refractivity contribution in [2.24, 2.45) is 17.6 Å². The zero-order valence-corrected chi connectivity index (χ0v) is 14.3. The minimum atomic E-state index is -0.517. The summed E-state index contributed by atoms with van der Waals surface area (Å²) < 4.78 is 5.61. The first kappa shape index (κ1) is 17.9. The first-order valence-corrected chi connectivity index (χ1v) is 8.96. The van der Waals surface area contributed by atoms with E-state index in [-0.39, 0.29) is 29.7 Å². The molecule has 0 aromatic rings. The summed E-state index contributed by atoms with van der Waals surface area (Å²) in [6.07, 6.45) is 4.25. The number of ketones is 1. The van der Waals surface area contributed by atoms with Crippen molar-refractivity contribution in [2.45, 2.75) is 37.8 Å². The Kier molecular flexibility index (Phi) is 5.70. The fraction of sp³-hybridized carbons (Fsp3) is 0.706.